The van der Waals surface area contributed by atoms with E-state index in [1.165, 1.54) is 23.1 Å². The number of benzene rings is 3. The number of amides is 1. The van der Waals surface area contributed by atoms with Gasteiger partial charge in [0.15, 0.2) is 0 Å². The smallest absolute Gasteiger partial charge is 0.253 e. The zero-order chi connectivity index (χ0) is 23.1. The zero-order valence-corrected chi connectivity index (χ0v) is 18.6. The number of anilines is 2. The average molecular weight is 461 g/mol. The number of rotatable bonds is 4. The molecule has 2 heterocycles. The molecule has 0 fully saturated rings. The fourth-order valence-electron chi connectivity index (χ4n) is 3.73. The standard InChI is InChI=1S/C25H18F2N4OS/c1-31(2)25(32)14-3-5-16(18(26)11-14)17-6-7-19-23(24(17)27)20(9-10-28-19)30-15-4-8-22-21(12-15)29-13-33-22/h3-13H,1-2H3,(H,28,30). The highest BCUT2D eigenvalue weighted by Gasteiger charge is 2.18. The highest BCUT2D eigenvalue weighted by Crippen LogP contribution is 2.35. The molecule has 1 amide bonds. The number of hydrogen-bond acceptors (Lipinski definition) is 5. The minimum absolute atomic E-state index is 0.0726. The molecule has 1 N–H and O–H groups in total. The minimum atomic E-state index is -0.673. The van der Waals surface area contributed by atoms with Crippen molar-refractivity contribution in [2.45, 2.75) is 0 Å². The van der Waals surface area contributed by atoms with E-state index in [-0.39, 0.29) is 28.0 Å². The van der Waals surface area contributed by atoms with Crippen LogP contribution in [-0.2, 0) is 0 Å². The van der Waals surface area contributed by atoms with Gasteiger partial charge in [-0.15, -0.1) is 11.3 Å². The Morgan fingerprint density at radius 3 is 2.55 bits per heavy atom. The summed E-state index contributed by atoms with van der Waals surface area (Å²) in [6.45, 7) is 0. The second-order valence-electron chi connectivity index (χ2n) is 7.73. The van der Waals surface area contributed by atoms with Crippen molar-refractivity contribution in [3.05, 3.63) is 83.5 Å². The maximum atomic E-state index is 15.8. The highest BCUT2D eigenvalue weighted by atomic mass is 32.1. The van der Waals surface area contributed by atoms with Gasteiger partial charge in [0.1, 0.15) is 11.6 Å². The van der Waals surface area contributed by atoms with Gasteiger partial charge in [0, 0.05) is 42.7 Å². The molecule has 3 aromatic carbocycles. The first-order valence-corrected chi connectivity index (χ1v) is 11.0. The molecule has 0 saturated heterocycles. The predicted molar refractivity (Wildman–Crippen MR) is 128 cm³/mol. The summed E-state index contributed by atoms with van der Waals surface area (Å²) < 4.78 is 31.7. The van der Waals surface area contributed by atoms with Crippen molar-refractivity contribution >= 4 is 49.7 Å². The number of nitrogens with zero attached hydrogens (tertiary/aromatic N) is 3. The molecule has 0 aliphatic rings. The number of nitrogens with one attached hydrogen (secondary N) is 1. The number of fused-ring (bicyclic) bond motifs is 2. The Morgan fingerprint density at radius 1 is 0.939 bits per heavy atom. The van der Waals surface area contributed by atoms with E-state index in [0.717, 1.165) is 22.0 Å². The van der Waals surface area contributed by atoms with Crippen LogP contribution in [0.2, 0.25) is 0 Å². The molecule has 5 nitrogen and oxygen atoms in total. The molecule has 0 spiro atoms. The molecule has 0 atom stereocenters. The average Bonchev–Trinajstić information content (AvgIpc) is 3.27. The Bertz CT molecular complexity index is 1530. The van der Waals surface area contributed by atoms with Gasteiger partial charge in [-0.3, -0.25) is 9.78 Å². The fraction of sp³-hybridized carbons (Fsp3) is 0.0800. The van der Waals surface area contributed by atoms with Crippen LogP contribution >= 0.6 is 11.3 Å². The van der Waals surface area contributed by atoms with Crippen LogP contribution in [0.15, 0.2) is 66.3 Å². The maximum absolute atomic E-state index is 15.8. The van der Waals surface area contributed by atoms with E-state index < -0.39 is 11.6 Å². The number of carbonyl (C=O) groups excluding carboxylic acids is 1. The Labute approximate surface area is 192 Å². The van der Waals surface area contributed by atoms with Crippen LogP contribution in [0.1, 0.15) is 10.4 Å². The van der Waals surface area contributed by atoms with E-state index in [0.29, 0.717) is 11.2 Å². The molecule has 0 bridgehead atoms. The molecule has 0 unspecified atom stereocenters. The maximum Gasteiger partial charge on any atom is 0.253 e. The van der Waals surface area contributed by atoms with Crippen molar-refractivity contribution < 1.29 is 13.6 Å². The van der Waals surface area contributed by atoms with Gasteiger partial charge in [0.2, 0.25) is 0 Å². The molecular weight excluding hydrogens is 442 g/mol. The lowest BCUT2D eigenvalue weighted by molar-refractivity contribution is 0.0827. The second kappa shape index (κ2) is 8.22. The van der Waals surface area contributed by atoms with Crippen LogP contribution in [0.5, 0.6) is 0 Å². The third-order valence-corrected chi connectivity index (χ3v) is 6.18. The summed E-state index contributed by atoms with van der Waals surface area (Å²) in [5.41, 5.74) is 4.68. The van der Waals surface area contributed by atoms with E-state index >= 15 is 4.39 Å². The largest absolute Gasteiger partial charge is 0.355 e. The molecule has 5 rings (SSSR count). The summed E-state index contributed by atoms with van der Waals surface area (Å²) in [6.07, 6.45) is 1.59. The van der Waals surface area contributed by atoms with E-state index in [9.17, 15) is 9.18 Å². The van der Waals surface area contributed by atoms with Crippen LogP contribution < -0.4 is 5.32 Å². The first-order valence-electron chi connectivity index (χ1n) is 10.1. The van der Waals surface area contributed by atoms with Crippen LogP contribution in [0.4, 0.5) is 20.2 Å². The van der Waals surface area contributed by atoms with Crippen LogP contribution in [-0.4, -0.2) is 34.9 Å². The molecule has 0 saturated carbocycles. The first-order chi connectivity index (χ1) is 15.9. The molecular formula is C25H18F2N4OS. The summed E-state index contributed by atoms with van der Waals surface area (Å²) in [5.74, 6) is -1.59. The number of hydrogen-bond donors (Lipinski definition) is 1. The van der Waals surface area contributed by atoms with Gasteiger partial charge < -0.3 is 10.2 Å². The lowest BCUT2D eigenvalue weighted by atomic mass is 9.99. The number of carbonyl (C=O) groups is 1. The SMILES string of the molecule is CN(C)C(=O)c1ccc(-c2ccc3nccc(Nc4ccc5scnc5c4)c3c2F)c(F)c1. The van der Waals surface area contributed by atoms with E-state index in [1.54, 1.807) is 49.3 Å². The number of pyridine rings is 1. The van der Waals surface area contributed by atoms with E-state index in [4.69, 9.17) is 0 Å². The summed E-state index contributed by atoms with van der Waals surface area (Å²) in [7, 11) is 3.18. The summed E-state index contributed by atoms with van der Waals surface area (Å²) >= 11 is 1.54. The number of halogens is 2. The lowest BCUT2D eigenvalue weighted by Gasteiger charge is -2.14. The first kappa shape index (κ1) is 21.0. The number of aromatic nitrogens is 2. The minimum Gasteiger partial charge on any atom is -0.355 e. The molecule has 0 radical (unpaired) electrons. The van der Waals surface area contributed by atoms with Crippen molar-refractivity contribution in [2.24, 2.45) is 0 Å². The molecule has 0 aliphatic carbocycles. The van der Waals surface area contributed by atoms with Crippen LogP contribution in [0.3, 0.4) is 0 Å². The lowest BCUT2D eigenvalue weighted by Crippen LogP contribution is -2.21. The van der Waals surface area contributed by atoms with Gasteiger partial charge >= 0.3 is 0 Å². The van der Waals surface area contributed by atoms with Crippen molar-refractivity contribution in [3.63, 3.8) is 0 Å². The molecule has 8 heteroatoms. The third kappa shape index (κ3) is 3.78. The fourth-order valence-corrected chi connectivity index (χ4v) is 4.39. The molecule has 2 aromatic heterocycles. The highest BCUT2D eigenvalue weighted by molar-refractivity contribution is 7.16. The molecule has 33 heavy (non-hydrogen) atoms. The van der Waals surface area contributed by atoms with Crippen molar-refractivity contribution in [1.29, 1.82) is 0 Å². The van der Waals surface area contributed by atoms with Gasteiger partial charge in [-0.05, 0) is 48.5 Å². The van der Waals surface area contributed by atoms with Gasteiger partial charge in [0.05, 0.1) is 32.3 Å². The van der Waals surface area contributed by atoms with Crippen molar-refractivity contribution in [3.8, 4) is 11.1 Å². The summed E-state index contributed by atoms with van der Waals surface area (Å²) in [6, 6.07) is 14.6. The van der Waals surface area contributed by atoms with E-state index in [1.807, 2.05) is 18.2 Å². The Kier molecular flexibility index (Phi) is 5.22. The van der Waals surface area contributed by atoms with Gasteiger partial charge in [-0.25, -0.2) is 13.8 Å². The Morgan fingerprint density at radius 2 is 1.76 bits per heavy atom. The topological polar surface area (TPSA) is 58.1 Å². The van der Waals surface area contributed by atoms with Crippen molar-refractivity contribution in [1.82, 2.24) is 14.9 Å². The molecule has 5 aromatic rings. The van der Waals surface area contributed by atoms with E-state index in [2.05, 4.69) is 15.3 Å². The van der Waals surface area contributed by atoms with Gasteiger partial charge in [-0.2, -0.15) is 0 Å². The van der Waals surface area contributed by atoms with Gasteiger partial charge in [-0.1, -0.05) is 6.07 Å². The summed E-state index contributed by atoms with van der Waals surface area (Å²) in [5, 5.41) is 3.49. The third-order valence-electron chi connectivity index (χ3n) is 5.37. The predicted octanol–water partition coefficient (Wildman–Crippen LogP) is 6.24. The molecule has 0 aliphatic heterocycles. The normalized spacial score (nSPS) is 11.2. The van der Waals surface area contributed by atoms with Gasteiger partial charge in [0.25, 0.3) is 5.91 Å². The zero-order valence-electron chi connectivity index (χ0n) is 17.8. The van der Waals surface area contributed by atoms with Crippen LogP contribution in [0.25, 0.3) is 32.2 Å². The Hall–Kier alpha value is -3.91. The molecule has 164 valence electrons. The second-order valence-corrected chi connectivity index (χ2v) is 8.62. The van der Waals surface area contributed by atoms with Crippen molar-refractivity contribution in [2.75, 3.05) is 19.4 Å². The summed E-state index contributed by atoms with van der Waals surface area (Å²) in [4.78, 5) is 22.1. The number of thiazole rings is 1. The quantitative estimate of drug-likeness (QED) is 0.345. The monoisotopic (exact) mass is 460 g/mol. The van der Waals surface area contributed by atoms with Crippen LogP contribution in [0, 0.1) is 11.6 Å². The Balaban J connectivity index is 1.59.